The summed E-state index contributed by atoms with van der Waals surface area (Å²) in [4.78, 5) is 37.0. The fourth-order valence-electron chi connectivity index (χ4n) is 3.18. The zero-order valence-electron chi connectivity index (χ0n) is 16.2. The van der Waals surface area contributed by atoms with E-state index in [2.05, 4.69) is 16.0 Å². The Labute approximate surface area is 178 Å². The van der Waals surface area contributed by atoms with E-state index in [0.29, 0.717) is 22.6 Å². The second-order valence-electron chi connectivity index (χ2n) is 7.49. The molecule has 0 aromatic heterocycles. The molecule has 0 spiro atoms. The van der Waals surface area contributed by atoms with Gasteiger partial charge in [0.05, 0.1) is 5.25 Å². The zero-order chi connectivity index (χ0) is 21.1. The number of amides is 3. The molecule has 0 unspecified atom stereocenters. The van der Waals surface area contributed by atoms with E-state index in [1.165, 1.54) is 17.8 Å². The molecule has 1 heterocycles. The largest absolute Gasteiger partial charge is 0.349 e. The monoisotopic (exact) mass is 427 g/mol. The minimum Gasteiger partial charge on any atom is -0.349 e. The number of anilines is 1. The Hall–Kier alpha value is -2.87. The maximum Gasteiger partial charge on any atom is 0.251 e. The Balaban J connectivity index is 1.29. The Morgan fingerprint density at radius 2 is 1.83 bits per heavy atom. The number of carbonyl (C=O) groups excluding carboxylic acids is 3. The van der Waals surface area contributed by atoms with E-state index >= 15 is 0 Å². The number of carbonyl (C=O) groups is 3. The third-order valence-corrected chi connectivity index (χ3v) is 6.39. The third kappa shape index (κ3) is 4.99. The molecule has 30 heavy (non-hydrogen) atoms. The van der Waals surface area contributed by atoms with Crippen molar-refractivity contribution < 1.29 is 18.8 Å². The third-order valence-electron chi connectivity index (χ3n) is 5.08. The van der Waals surface area contributed by atoms with E-state index in [1.807, 2.05) is 0 Å². The van der Waals surface area contributed by atoms with E-state index in [-0.39, 0.29) is 36.0 Å². The first-order valence-corrected chi connectivity index (χ1v) is 10.9. The molecule has 2 aliphatic rings. The van der Waals surface area contributed by atoms with Crippen molar-refractivity contribution in [3.05, 3.63) is 65.5 Å². The average molecular weight is 428 g/mol. The van der Waals surface area contributed by atoms with Gasteiger partial charge in [-0.25, -0.2) is 4.39 Å². The molecule has 2 aromatic carbocycles. The summed E-state index contributed by atoms with van der Waals surface area (Å²) < 4.78 is 13.8. The molecule has 3 N–H and O–H groups in total. The molecule has 4 rings (SSSR count). The normalized spacial score (nSPS) is 20.9. The number of benzene rings is 2. The Kier molecular flexibility index (Phi) is 6.03. The smallest absolute Gasteiger partial charge is 0.251 e. The van der Waals surface area contributed by atoms with Crippen molar-refractivity contribution in [2.75, 3.05) is 11.1 Å². The summed E-state index contributed by atoms with van der Waals surface area (Å²) in [5.74, 6) is -0.650. The summed E-state index contributed by atoms with van der Waals surface area (Å²) in [6, 6.07) is 12.6. The second kappa shape index (κ2) is 8.87. The molecule has 2 atom stereocenters. The molecule has 156 valence electrons. The lowest BCUT2D eigenvalue weighted by Crippen LogP contribution is -2.52. The molecule has 3 amide bonds. The van der Waals surface area contributed by atoms with Crippen LogP contribution in [0.4, 0.5) is 10.1 Å². The topological polar surface area (TPSA) is 87.3 Å². The minimum absolute atomic E-state index is 0.118. The molecule has 0 radical (unpaired) electrons. The van der Waals surface area contributed by atoms with Crippen LogP contribution in [0.3, 0.4) is 0 Å². The molecule has 1 aliphatic heterocycles. The molecule has 8 heteroatoms. The summed E-state index contributed by atoms with van der Waals surface area (Å²) in [6.45, 7) is 0. The van der Waals surface area contributed by atoms with Gasteiger partial charge in [0.1, 0.15) is 11.9 Å². The number of nitrogens with one attached hydrogen (secondary N) is 3. The van der Waals surface area contributed by atoms with Crippen molar-refractivity contribution in [2.24, 2.45) is 0 Å². The van der Waals surface area contributed by atoms with Crippen LogP contribution in [-0.2, 0) is 16.0 Å². The highest BCUT2D eigenvalue weighted by Gasteiger charge is 2.33. The number of halogens is 1. The van der Waals surface area contributed by atoms with Crippen molar-refractivity contribution in [3.63, 3.8) is 0 Å². The van der Waals surface area contributed by atoms with Crippen LogP contribution in [0.1, 0.15) is 28.8 Å². The van der Waals surface area contributed by atoms with Gasteiger partial charge in [-0.1, -0.05) is 18.2 Å². The van der Waals surface area contributed by atoms with Crippen LogP contribution in [0, 0.1) is 5.82 Å². The summed E-state index contributed by atoms with van der Waals surface area (Å²) >= 11 is 1.35. The van der Waals surface area contributed by atoms with Gasteiger partial charge in [0.25, 0.3) is 5.91 Å². The van der Waals surface area contributed by atoms with E-state index in [1.54, 1.807) is 42.5 Å². The van der Waals surface area contributed by atoms with Crippen LogP contribution in [-0.4, -0.2) is 40.8 Å². The Bertz CT molecular complexity index is 962. The number of hydrogen-bond donors (Lipinski definition) is 3. The van der Waals surface area contributed by atoms with Crippen molar-refractivity contribution in [3.8, 4) is 0 Å². The predicted molar refractivity (Wildman–Crippen MR) is 114 cm³/mol. The van der Waals surface area contributed by atoms with Gasteiger partial charge in [-0.2, -0.15) is 0 Å². The van der Waals surface area contributed by atoms with E-state index < -0.39 is 11.3 Å². The predicted octanol–water partition coefficient (Wildman–Crippen LogP) is 2.50. The number of thioether (sulfide) groups is 1. The quantitative estimate of drug-likeness (QED) is 0.661. The van der Waals surface area contributed by atoms with Crippen LogP contribution < -0.4 is 16.0 Å². The highest BCUT2D eigenvalue weighted by molar-refractivity contribution is 8.00. The van der Waals surface area contributed by atoms with Gasteiger partial charge in [0.15, 0.2) is 0 Å². The lowest BCUT2D eigenvalue weighted by Gasteiger charge is -2.28. The van der Waals surface area contributed by atoms with E-state index in [4.69, 9.17) is 0 Å². The van der Waals surface area contributed by atoms with Gasteiger partial charge in [0.2, 0.25) is 11.8 Å². The SMILES string of the molecule is O=C(NC1CC1)c1ccc(NC(=O)[C@@H]2CS[C@@H](Cc3ccccc3F)C(=O)N2)cc1. The maximum atomic E-state index is 13.8. The van der Waals surface area contributed by atoms with Crippen molar-refractivity contribution in [1.82, 2.24) is 10.6 Å². The van der Waals surface area contributed by atoms with Gasteiger partial charge in [-0.05, 0) is 55.2 Å². The lowest BCUT2D eigenvalue weighted by atomic mass is 10.1. The fourth-order valence-corrected chi connectivity index (χ4v) is 4.36. The maximum absolute atomic E-state index is 13.8. The van der Waals surface area contributed by atoms with Crippen LogP contribution in [0.2, 0.25) is 0 Å². The van der Waals surface area contributed by atoms with E-state index in [9.17, 15) is 18.8 Å². The van der Waals surface area contributed by atoms with Gasteiger partial charge in [-0.15, -0.1) is 11.8 Å². The molecule has 2 fully saturated rings. The molecule has 1 saturated carbocycles. The van der Waals surface area contributed by atoms with Gasteiger partial charge >= 0.3 is 0 Å². The minimum atomic E-state index is -0.669. The number of hydrogen-bond acceptors (Lipinski definition) is 4. The standard InChI is InChI=1S/C22H22FN3O3S/c23-17-4-2-1-3-14(17)11-19-22(29)26-18(12-30-19)21(28)25-15-7-5-13(6-8-15)20(27)24-16-9-10-16/h1-8,16,18-19H,9-12H2,(H,24,27)(H,25,28)(H,26,29)/t18-,19-/m0/s1. The van der Waals surface area contributed by atoms with Crippen LogP contribution in [0.5, 0.6) is 0 Å². The summed E-state index contributed by atoms with van der Waals surface area (Å²) in [6.07, 6.45) is 2.32. The van der Waals surface area contributed by atoms with Crippen LogP contribution in [0.25, 0.3) is 0 Å². The molecule has 0 bridgehead atoms. The fraction of sp³-hybridized carbons (Fsp3) is 0.318. The molecule has 1 saturated heterocycles. The summed E-state index contributed by atoms with van der Waals surface area (Å²) in [7, 11) is 0. The molecule has 6 nitrogen and oxygen atoms in total. The zero-order valence-corrected chi connectivity index (χ0v) is 17.0. The average Bonchev–Trinajstić information content (AvgIpc) is 3.55. The Morgan fingerprint density at radius 3 is 2.50 bits per heavy atom. The Morgan fingerprint density at radius 1 is 1.10 bits per heavy atom. The molecular weight excluding hydrogens is 405 g/mol. The van der Waals surface area contributed by atoms with Crippen molar-refractivity contribution in [1.29, 1.82) is 0 Å². The van der Waals surface area contributed by atoms with Crippen molar-refractivity contribution >= 4 is 35.2 Å². The van der Waals surface area contributed by atoms with Crippen molar-refractivity contribution in [2.45, 2.75) is 36.6 Å². The van der Waals surface area contributed by atoms with Gasteiger partial charge in [0, 0.05) is 23.0 Å². The highest BCUT2D eigenvalue weighted by Crippen LogP contribution is 2.24. The number of rotatable bonds is 6. The highest BCUT2D eigenvalue weighted by atomic mass is 32.2. The lowest BCUT2D eigenvalue weighted by molar-refractivity contribution is -0.126. The van der Waals surface area contributed by atoms with Crippen LogP contribution >= 0.6 is 11.8 Å². The van der Waals surface area contributed by atoms with Gasteiger partial charge < -0.3 is 16.0 Å². The van der Waals surface area contributed by atoms with Crippen LogP contribution in [0.15, 0.2) is 48.5 Å². The first-order chi connectivity index (χ1) is 14.5. The molecule has 2 aromatic rings. The van der Waals surface area contributed by atoms with Gasteiger partial charge in [-0.3, -0.25) is 14.4 Å². The van der Waals surface area contributed by atoms with E-state index in [0.717, 1.165) is 12.8 Å². The summed E-state index contributed by atoms with van der Waals surface area (Å²) in [5, 5.41) is 7.97. The molecule has 1 aliphatic carbocycles. The first-order valence-electron chi connectivity index (χ1n) is 9.87. The first kappa shape index (κ1) is 20.4. The molecular formula is C22H22FN3O3S. The summed E-state index contributed by atoms with van der Waals surface area (Å²) in [5.41, 5.74) is 1.58. The second-order valence-corrected chi connectivity index (χ2v) is 8.73.